The number of carboxylic acid groups (broad SMARTS) is 2. The van der Waals surface area contributed by atoms with Crippen molar-refractivity contribution in [2.75, 3.05) is 22.9 Å². The summed E-state index contributed by atoms with van der Waals surface area (Å²) in [5, 5.41) is 16.2. The van der Waals surface area contributed by atoms with Crippen LogP contribution in [0.2, 0.25) is 0 Å². The van der Waals surface area contributed by atoms with Crippen molar-refractivity contribution in [2.24, 2.45) is 17.4 Å². The number of carbonyl (C=O) groups is 5. The summed E-state index contributed by atoms with van der Waals surface area (Å²) in [5.41, 5.74) is 15.0. The number of nitrogens with two attached hydrogens (primary N) is 2. The molecule has 3 aromatic rings. The van der Waals surface area contributed by atoms with Crippen LogP contribution >= 0.6 is 0 Å². The van der Waals surface area contributed by atoms with Crippen LogP contribution in [0.5, 0.6) is 0 Å². The molecule has 1 aliphatic rings. The Hall–Kier alpha value is -5.24. The molecule has 0 unspecified atom stereocenters. The maximum Gasteiger partial charge on any atom is 0.490 e. The largest absolute Gasteiger partial charge is 0.490 e. The molecular formula is C32H35F3N4O7. The van der Waals surface area contributed by atoms with Gasteiger partial charge in [0.15, 0.2) is 0 Å². The highest BCUT2D eigenvalue weighted by Crippen LogP contribution is 2.30. The Kier molecular flexibility index (Phi) is 13.4. The number of carbonyl (C=O) groups excluding carboxylic acids is 3. The summed E-state index contributed by atoms with van der Waals surface area (Å²) in [7, 11) is 0. The molecule has 0 aromatic heterocycles. The van der Waals surface area contributed by atoms with Gasteiger partial charge in [0, 0.05) is 42.0 Å². The second-order valence-corrected chi connectivity index (χ2v) is 10.4. The van der Waals surface area contributed by atoms with Crippen LogP contribution in [-0.4, -0.2) is 59.1 Å². The average Bonchev–Trinajstić information content (AvgIpc) is 3.43. The Morgan fingerprint density at radius 2 is 1.54 bits per heavy atom. The van der Waals surface area contributed by atoms with Gasteiger partial charge in [-0.1, -0.05) is 50.2 Å². The van der Waals surface area contributed by atoms with Gasteiger partial charge in [-0.25, -0.2) is 4.79 Å². The van der Waals surface area contributed by atoms with E-state index in [-0.39, 0.29) is 11.8 Å². The first-order valence-corrected chi connectivity index (χ1v) is 14.0. The predicted molar refractivity (Wildman–Crippen MR) is 164 cm³/mol. The van der Waals surface area contributed by atoms with E-state index in [2.05, 4.69) is 0 Å². The number of hydrogen-bond donors (Lipinski definition) is 4. The minimum Gasteiger partial charge on any atom is -0.480 e. The third kappa shape index (κ3) is 11.0. The molecule has 0 bridgehead atoms. The highest BCUT2D eigenvalue weighted by atomic mass is 19.4. The second-order valence-electron chi connectivity index (χ2n) is 10.4. The molecule has 0 atom stereocenters. The van der Waals surface area contributed by atoms with Crippen molar-refractivity contribution in [3.63, 3.8) is 0 Å². The summed E-state index contributed by atoms with van der Waals surface area (Å²) in [6.45, 7) is 4.67. The van der Waals surface area contributed by atoms with Crippen molar-refractivity contribution >= 4 is 41.0 Å². The molecule has 0 saturated carbocycles. The van der Waals surface area contributed by atoms with Crippen molar-refractivity contribution in [2.45, 2.75) is 39.4 Å². The summed E-state index contributed by atoms with van der Waals surface area (Å²) in [6.07, 6.45) is -3.71. The number of halogens is 3. The monoisotopic (exact) mass is 644 g/mol. The molecule has 0 radical (unpaired) electrons. The van der Waals surface area contributed by atoms with Crippen LogP contribution in [0.4, 0.5) is 24.5 Å². The number of rotatable bonds is 8. The normalized spacial score (nSPS) is 11.8. The highest BCUT2D eigenvalue weighted by molar-refractivity contribution is 6.08. The molecule has 14 heteroatoms. The zero-order valence-corrected chi connectivity index (χ0v) is 25.2. The summed E-state index contributed by atoms with van der Waals surface area (Å²) >= 11 is 0. The van der Waals surface area contributed by atoms with Crippen molar-refractivity contribution in [1.82, 2.24) is 0 Å². The van der Waals surface area contributed by atoms with Gasteiger partial charge in [0.1, 0.15) is 6.54 Å². The van der Waals surface area contributed by atoms with Crippen molar-refractivity contribution < 1.29 is 47.4 Å². The van der Waals surface area contributed by atoms with Crippen LogP contribution in [0.3, 0.4) is 0 Å². The first-order valence-electron chi connectivity index (χ1n) is 14.0. The van der Waals surface area contributed by atoms with Gasteiger partial charge in [-0.3, -0.25) is 24.1 Å². The Bertz CT molecular complexity index is 1550. The molecule has 6 N–H and O–H groups in total. The fourth-order valence-corrected chi connectivity index (χ4v) is 4.26. The molecular weight excluding hydrogens is 609 g/mol. The van der Waals surface area contributed by atoms with Crippen LogP contribution < -0.4 is 21.3 Å². The number of aliphatic carboxylic acids is 2. The molecule has 46 heavy (non-hydrogen) atoms. The molecule has 11 nitrogen and oxygen atoms in total. The first-order chi connectivity index (χ1) is 21.5. The Morgan fingerprint density at radius 3 is 2.07 bits per heavy atom. The number of hydrogen-bond acceptors (Lipinski definition) is 6. The zero-order valence-electron chi connectivity index (χ0n) is 25.2. The third-order valence-corrected chi connectivity index (χ3v) is 6.41. The minimum absolute atomic E-state index is 0.116. The number of fused-ring (bicyclic) bond motifs is 1. The molecule has 0 saturated heterocycles. The number of carboxylic acids is 2. The van der Waals surface area contributed by atoms with Crippen LogP contribution in [0.15, 0.2) is 72.8 Å². The first kappa shape index (κ1) is 36.9. The molecule has 246 valence electrons. The van der Waals surface area contributed by atoms with Crippen LogP contribution in [0, 0.1) is 5.92 Å². The lowest BCUT2D eigenvalue weighted by Crippen LogP contribution is -2.35. The number of para-hydroxylation sites is 1. The highest BCUT2D eigenvalue weighted by Gasteiger charge is 2.38. The molecule has 3 amide bonds. The molecule has 0 spiro atoms. The fraction of sp³-hybridized carbons (Fsp3) is 0.281. The smallest absolute Gasteiger partial charge is 0.480 e. The molecule has 0 fully saturated rings. The van der Waals surface area contributed by atoms with Crippen molar-refractivity contribution in [1.29, 1.82) is 0 Å². The van der Waals surface area contributed by atoms with Crippen molar-refractivity contribution in [3.05, 3.63) is 95.1 Å². The zero-order chi connectivity index (χ0) is 34.6. The molecule has 1 heterocycles. The van der Waals surface area contributed by atoms with E-state index < -0.39 is 30.6 Å². The van der Waals surface area contributed by atoms with E-state index >= 15 is 0 Å². The molecule has 0 aliphatic carbocycles. The molecule has 3 aromatic carbocycles. The summed E-state index contributed by atoms with van der Waals surface area (Å²) < 4.78 is 31.7. The van der Waals surface area contributed by atoms with E-state index in [0.29, 0.717) is 42.2 Å². The van der Waals surface area contributed by atoms with Gasteiger partial charge in [-0.05, 0) is 59.9 Å². The lowest BCUT2D eigenvalue weighted by Gasteiger charge is -2.21. The standard InChI is InChI=1S/C16H16N2O3.C14H18N2O2.C2HF3O2/c17-10-12-5-4-6-13(9-12)16(21)18(11-15(19)20)14-7-2-1-3-8-14;1-9(2)7-13(17)16-6-5-10-3-4-11(14(15)18)8-12(10)16;3-2(4,5)1(6)7/h1-9H,10-11,17H2,(H,19,20);3-4,8-9H,5-7H2,1-2H3,(H2,15,18);(H,6,7). The molecule has 1 aliphatic heterocycles. The minimum atomic E-state index is -5.08. The lowest BCUT2D eigenvalue weighted by atomic mass is 10.1. The summed E-state index contributed by atoms with van der Waals surface area (Å²) in [5.74, 6) is -4.19. The summed E-state index contributed by atoms with van der Waals surface area (Å²) in [4.78, 5) is 58.8. The number of benzene rings is 3. The van der Waals surface area contributed by atoms with E-state index in [1.807, 2.05) is 32.0 Å². The molecule has 4 rings (SSSR count). The van der Waals surface area contributed by atoms with Gasteiger partial charge in [0.05, 0.1) is 0 Å². The quantitative estimate of drug-likeness (QED) is 0.281. The summed E-state index contributed by atoms with van der Waals surface area (Å²) in [6, 6.07) is 20.9. The van der Waals surface area contributed by atoms with E-state index in [4.69, 9.17) is 26.5 Å². The predicted octanol–water partition coefficient (Wildman–Crippen LogP) is 4.23. The van der Waals surface area contributed by atoms with Crippen LogP contribution in [0.25, 0.3) is 0 Å². The van der Waals surface area contributed by atoms with Gasteiger partial charge < -0.3 is 26.6 Å². The second kappa shape index (κ2) is 16.7. The van der Waals surface area contributed by atoms with E-state index in [1.165, 1.54) is 4.90 Å². The topological polar surface area (TPSA) is 184 Å². The lowest BCUT2D eigenvalue weighted by molar-refractivity contribution is -0.192. The SMILES string of the molecule is CC(C)CC(=O)N1CCc2ccc(C(N)=O)cc21.NCc1cccc(C(=O)N(CC(=O)O)c2ccccc2)c1.O=C(O)C(F)(F)F. The number of nitrogens with zero attached hydrogens (tertiary/aromatic N) is 2. The van der Waals surface area contributed by atoms with E-state index in [9.17, 15) is 32.3 Å². The number of amides is 3. The van der Waals surface area contributed by atoms with Gasteiger partial charge in [0.2, 0.25) is 11.8 Å². The maximum absolute atomic E-state index is 12.6. The van der Waals surface area contributed by atoms with Gasteiger partial charge in [0.25, 0.3) is 5.91 Å². The number of anilines is 2. The van der Waals surface area contributed by atoms with Crippen LogP contribution in [0.1, 0.15) is 52.1 Å². The Balaban J connectivity index is 0.000000268. The van der Waals surface area contributed by atoms with E-state index in [0.717, 1.165) is 23.2 Å². The Morgan fingerprint density at radius 1 is 0.913 bits per heavy atom. The Labute approximate surface area is 263 Å². The van der Waals surface area contributed by atoms with Crippen molar-refractivity contribution in [3.8, 4) is 0 Å². The van der Waals surface area contributed by atoms with Gasteiger partial charge >= 0.3 is 18.1 Å². The van der Waals surface area contributed by atoms with Gasteiger partial charge in [-0.15, -0.1) is 0 Å². The number of primary amides is 1. The average molecular weight is 645 g/mol. The maximum atomic E-state index is 12.6. The van der Waals surface area contributed by atoms with Crippen LogP contribution in [-0.2, 0) is 27.3 Å². The number of alkyl halides is 3. The van der Waals surface area contributed by atoms with E-state index in [1.54, 1.807) is 59.5 Å². The van der Waals surface area contributed by atoms with Gasteiger partial charge in [-0.2, -0.15) is 13.2 Å². The third-order valence-electron chi connectivity index (χ3n) is 6.41. The fourth-order valence-electron chi connectivity index (χ4n) is 4.26.